The lowest BCUT2D eigenvalue weighted by molar-refractivity contribution is -0.0128. The lowest BCUT2D eigenvalue weighted by Gasteiger charge is -2.35. The van der Waals surface area contributed by atoms with E-state index < -0.39 is 5.60 Å². The smallest absolute Gasteiger partial charge is 0.0946 e. The number of hydrogen-bond acceptors (Lipinski definition) is 3. The first-order chi connectivity index (χ1) is 8.13. The van der Waals surface area contributed by atoms with E-state index >= 15 is 0 Å². The number of rotatable bonds is 2. The first-order valence-corrected chi connectivity index (χ1v) is 6.58. The zero-order valence-electron chi connectivity index (χ0n) is 10.6. The van der Waals surface area contributed by atoms with Crippen LogP contribution in [0.3, 0.4) is 0 Å². The van der Waals surface area contributed by atoms with Gasteiger partial charge < -0.3 is 15.4 Å². The van der Waals surface area contributed by atoms with Gasteiger partial charge in [-0.25, -0.2) is 4.98 Å². The average Bonchev–Trinajstić information content (AvgIpc) is 2.69. The molecule has 1 aliphatic carbocycles. The Labute approximate surface area is 103 Å². The molecule has 0 spiro atoms. The molecule has 4 nitrogen and oxygen atoms in total. The molecule has 1 aromatic rings. The van der Waals surface area contributed by atoms with Crippen molar-refractivity contribution in [1.29, 1.82) is 0 Å². The highest BCUT2D eigenvalue weighted by atomic mass is 16.3. The number of nitrogens with zero attached hydrogens (tertiary/aromatic N) is 2. The standard InChI is InChI=1S/C13H23N3O/c1-16-10-15-9-11(16)12(14)13(17)7-5-3-2-4-6-8-13/h9-10,12,17H,2-8,14H2,1H3. The summed E-state index contributed by atoms with van der Waals surface area (Å²) < 4.78 is 1.90. The summed E-state index contributed by atoms with van der Waals surface area (Å²) in [5.41, 5.74) is 6.43. The van der Waals surface area contributed by atoms with Crippen molar-refractivity contribution in [3.05, 3.63) is 18.2 Å². The van der Waals surface area contributed by atoms with Crippen LogP contribution in [0, 0.1) is 0 Å². The molecule has 2 rings (SSSR count). The maximum atomic E-state index is 10.8. The Morgan fingerprint density at radius 2 is 1.88 bits per heavy atom. The third-order valence-corrected chi connectivity index (χ3v) is 3.97. The summed E-state index contributed by atoms with van der Waals surface area (Å²) in [6.45, 7) is 0. The van der Waals surface area contributed by atoms with Gasteiger partial charge in [0.25, 0.3) is 0 Å². The van der Waals surface area contributed by atoms with Crippen molar-refractivity contribution in [1.82, 2.24) is 9.55 Å². The highest BCUT2D eigenvalue weighted by Gasteiger charge is 2.36. The third kappa shape index (κ3) is 2.69. The molecule has 1 saturated carbocycles. The van der Waals surface area contributed by atoms with Crippen LogP contribution >= 0.6 is 0 Å². The summed E-state index contributed by atoms with van der Waals surface area (Å²) in [5, 5.41) is 10.8. The van der Waals surface area contributed by atoms with Crippen molar-refractivity contribution in [3.63, 3.8) is 0 Å². The lowest BCUT2D eigenvalue weighted by Crippen LogP contribution is -2.42. The van der Waals surface area contributed by atoms with Crippen LogP contribution in [0.5, 0.6) is 0 Å². The van der Waals surface area contributed by atoms with Gasteiger partial charge in [-0.3, -0.25) is 0 Å². The summed E-state index contributed by atoms with van der Waals surface area (Å²) in [7, 11) is 1.93. The van der Waals surface area contributed by atoms with E-state index in [9.17, 15) is 5.11 Å². The molecule has 96 valence electrons. The summed E-state index contributed by atoms with van der Waals surface area (Å²) >= 11 is 0. The van der Waals surface area contributed by atoms with Gasteiger partial charge in [-0.05, 0) is 12.8 Å². The van der Waals surface area contributed by atoms with Crippen molar-refractivity contribution in [2.45, 2.75) is 56.6 Å². The quantitative estimate of drug-likeness (QED) is 0.825. The Morgan fingerprint density at radius 3 is 2.41 bits per heavy atom. The summed E-state index contributed by atoms with van der Waals surface area (Å²) in [6, 6.07) is -0.326. The Bertz CT molecular complexity index is 353. The van der Waals surface area contributed by atoms with Gasteiger partial charge in [0.15, 0.2) is 0 Å². The summed E-state index contributed by atoms with van der Waals surface area (Å²) in [5.74, 6) is 0. The van der Waals surface area contributed by atoms with Crippen LogP contribution in [0.1, 0.15) is 56.7 Å². The van der Waals surface area contributed by atoms with Gasteiger partial charge >= 0.3 is 0 Å². The average molecular weight is 237 g/mol. The van der Waals surface area contributed by atoms with Crippen LogP contribution < -0.4 is 5.73 Å². The Hall–Kier alpha value is -0.870. The number of imidazole rings is 1. The zero-order valence-corrected chi connectivity index (χ0v) is 10.6. The third-order valence-electron chi connectivity index (χ3n) is 3.97. The van der Waals surface area contributed by atoms with Gasteiger partial charge in [0, 0.05) is 13.2 Å². The molecule has 1 heterocycles. The van der Waals surface area contributed by atoms with E-state index in [1.807, 2.05) is 11.6 Å². The van der Waals surface area contributed by atoms with Crippen molar-refractivity contribution in [2.24, 2.45) is 12.8 Å². The highest BCUT2D eigenvalue weighted by Crippen LogP contribution is 2.35. The van der Waals surface area contributed by atoms with Crippen molar-refractivity contribution >= 4 is 0 Å². The molecular formula is C13H23N3O. The fourth-order valence-electron chi connectivity index (χ4n) is 2.77. The maximum Gasteiger partial charge on any atom is 0.0946 e. The van der Waals surface area contributed by atoms with Gasteiger partial charge in [-0.1, -0.05) is 32.1 Å². The van der Waals surface area contributed by atoms with Gasteiger partial charge in [0.1, 0.15) is 0 Å². The number of nitrogens with two attached hydrogens (primary N) is 1. The van der Waals surface area contributed by atoms with Crippen LogP contribution in [0.25, 0.3) is 0 Å². The van der Waals surface area contributed by atoms with Crippen LogP contribution in [-0.4, -0.2) is 20.3 Å². The molecule has 1 unspecified atom stereocenters. The second-order valence-corrected chi connectivity index (χ2v) is 5.28. The number of aryl methyl sites for hydroxylation is 1. The van der Waals surface area contributed by atoms with E-state index in [-0.39, 0.29) is 6.04 Å². The first-order valence-electron chi connectivity index (χ1n) is 6.58. The molecule has 0 aromatic carbocycles. The fraction of sp³-hybridized carbons (Fsp3) is 0.769. The monoisotopic (exact) mass is 237 g/mol. The Kier molecular flexibility index (Phi) is 3.84. The van der Waals surface area contributed by atoms with Crippen LogP contribution in [0.15, 0.2) is 12.5 Å². The normalized spacial score (nSPS) is 22.8. The van der Waals surface area contributed by atoms with Gasteiger partial charge in [-0.2, -0.15) is 0 Å². The van der Waals surface area contributed by atoms with E-state index in [1.54, 1.807) is 12.5 Å². The summed E-state index contributed by atoms with van der Waals surface area (Å²) in [4.78, 5) is 4.08. The second-order valence-electron chi connectivity index (χ2n) is 5.28. The SMILES string of the molecule is Cn1cncc1C(N)C1(O)CCCCCCC1. The molecule has 1 aromatic heterocycles. The van der Waals surface area contributed by atoms with Crippen molar-refractivity contribution < 1.29 is 5.11 Å². The predicted molar refractivity (Wildman–Crippen MR) is 67.4 cm³/mol. The van der Waals surface area contributed by atoms with E-state index in [0.29, 0.717) is 0 Å². The van der Waals surface area contributed by atoms with Crippen LogP contribution in [-0.2, 0) is 7.05 Å². The largest absolute Gasteiger partial charge is 0.388 e. The second kappa shape index (κ2) is 5.19. The minimum Gasteiger partial charge on any atom is -0.388 e. The topological polar surface area (TPSA) is 64.1 Å². The molecule has 17 heavy (non-hydrogen) atoms. The minimum atomic E-state index is -0.756. The van der Waals surface area contributed by atoms with Gasteiger partial charge in [0.2, 0.25) is 0 Å². The highest BCUT2D eigenvalue weighted by molar-refractivity contribution is 5.10. The molecule has 0 bridgehead atoms. The molecule has 4 heteroatoms. The van der Waals surface area contributed by atoms with E-state index in [0.717, 1.165) is 31.4 Å². The lowest BCUT2D eigenvalue weighted by atomic mass is 9.80. The predicted octanol–water partition coefficient (Wildman–Crippen LogP) is 1.90. The molecule has 0 radical (unpaired) electrons. The first kappa shape index (κ1) is 12.6. The summed E-state index contributed by atoms with van der Waals surface area (Å²) in [6.07, 6.45) is 11.0. The number of aliphatic hydroxyl groups is 1. The van der Waals surface area contributed by atoms with Crippen LogP contribution in [0.4, 0.5) is 0 Å². The molecule has 1 fully saturated rings. The van der Waals surface area contributed by atoms with Crippen molar-refractivity contribution in [2.75, 3.05) is 0 Å². The molecule has 1 aliphatic rings. The minimum absolute atomic E-state index is 0.326. The van der Waals surface area contributed by atoms with E-state index in [2.05, 4.69) is 4.98 Å². The molecule has 0 amide bonds. The molecule has 0 saturated heterocycles. The van der Waals surface area contributed by atoms with E-state index in [1.165, 1.54) is 19.3 Å². The maximum absolute atomic E-state index is 10.8. The fourth-order valence-corrected chi connectivity index (χ4v) is 2.77. The Morgan fingerprint density at radius 1 is 1.29 bits per heavy atom. The van der Waals surface area contributed by atoms with Gasteiger partial charge in [-0.15, -0.1) is 0 Å². The molecular weight excluding hydrogens is 214 g/mol. The number of aromatic nitrogens is 2. The molecule has 3 N–H and O–H groups in total. The Balaban J connectivity index is 2.15. The molecule has 0 aliphatic heterocycles. The van der Waals surface area contributed by atoms with Crippen molar-refractivity contribution in [3.8, 4) is 0 Å². The number of hydrogen-bond donors (Lipinski definition) is 2. The zero-order chi connectivity index (χ0) is 12.3. The van der Waals surface area contributed by atoms with Gasteiger partial charge in [0.05, 0.1) is 23.7 Å². The molecule has 1 atom stereocenters. The van der Waals surface area contributed by atoms with E-state index in [4.69, 9.17) is 5.73 Å². The van der Waals surface area contributed by atoms with Crippen LogP contribution in [0.2, 0.25) is 0 Å².